The van der Waals surface area contributed by atoms with Gasteiger partial charge in [-0.3, -0.25) is 0 Å². The second-order valence-corrected chi connectivity index (χ2v) is 17.6. The Kier molecular flexibility index (Phi) is 8.73. The molecule has 14 rings (SSSR count). The molecule has 5 aromatic heterocycles. The summed E-state index contributed by atoms with van der Waals surface area (Å²) in [5.41, 5.74) is 13.8. The van der Waals surface area contributed by atoms with E-state index in [-0.39, 0.29) is 0 Å². The van der Waals surface area contributed by atoms with Crippen molar-refractivity contribution in [2.24, 2.45) is 0 Å². The molecule has 1 aliphatic carbocycles. The van der Waals surface area contributed by atoms with Crippen molar-refractivity contribution >= 4 is 129 Å². The van der Waals surface area contributed by atoms with Crippen LogP contribution >= 0.6 is 0 Å². The van der Waals surface area contributed by atoms with Crippen molar-refractivity contribution in [3.05, 3.63) is 223 Å². The van der Waals surface area contributed by atoms with E-state index in [2.05, 4.69) is 174 Å². The molecule has 0 unspecified atom stereocenters. The van der Waals surface area contributed by atoms with E-state index in [1.807, 2.05) is 42.5 Å². The zero-order valence-corrected chi connectivity index (χ0v) is 37.2. The lowest BCUT2D eigenvalue weighted by atomic mass is 10.1. The molecule has 69 heavy (non-hydrogen) atoms. The zero-order valence-electron chi connectivity index (χ0n) is 37.2. The Morgan fingerprint density at radius 3 is 1.62 bits per heavy atom. The van der Waals surface area contributed by atoms with Gasteiger partial charge in [0.05, 0.1) is 0 Å². The number of para-hydroxylation sites is 4. The fourth-order valence-corrected chi connectivity index (χ4v) is 10.3. The van der Waals surface area contributed by atoms with E-state index in [4.69, 9.17) is 22.1 Å². The highest BCUT2D eigenvalue weighted by atomic mass is 16.4. The SMILES string of the molecule is C=Cc1oc2ccccc2c1/C=C\CN(c1ccccc1)c1ccc2c(c1)oc1cc3c(cc12)oc1cc2c(cc13)oc1cc(N(C3=CCc4oc5ccccc5c4C=C3)c3ccccc3)ccc12. The van der Waals surface area contributed by atoms with Crippen LogP contribution in [0.3, 0.4) is 0 Å². The standard InChI is InChI=1S/C62H40N2O5/c1-2-53-43(44-18-9-11-21-54(44)65-53)20-13-31-63(38-14-5-3-6-15-38)41-24-28-47-49-34-61-51(36-59(49)67-57(47)32-41)52-37-60-50(35-62(52)69-61)48-29-25-42(33-58(48)68-60)64(39-16-7-4-8-17-39)40-23-27-46-45-19-10-12-22-55(45)66-56(46)30-26-40/h2-29,32-37H,1,30-31H2/b20-13-. The molecule has 5 heterocycles. The zero-order chi connectivity index (χ0) is 45.6. The number of rotatable bonds is 9. The third-order valence-corrected chi connectivity index (χ3v) is 13.6. The van der Waals surface area contributed by atoms with Crippen molar-refractivity contribution in [1.29, 1.82) is 0 Å². The van der Waals surface area contributed by atoms with Crippen molar-refractivity contribution in [1.82, 2.24) is 0 Å². The van der Waals surface area contributed by atoms with Crippen LogP contribution in [0.1, 0.15) is 22.6 Å². The highest BCUT2D eigenvalue weighted by Gasteiger charge is 2.22. The monoisotopic (exact) mass is 892 g/mol. The normalized spacial score (nSPS) is 13.0. The van der Waals surface area contributed by atoms with Gasteiger partial charge in [-0.15, -0.1) is 0 Å². The molecule has 0 saturated carbocycles. The first-order valence-corrected chi connectivity index (χ1v) is 23.2. The lowest BCUT2D eigenvalue weighted by molar-refractivity contribution is 0.564. The van der Waals surface area contributed by atoms with Gasteiger partial charge in [0, 0.05) is 108 Å². The first-order valence-electron chi connectivity index (χ1n) is 23.2. The fraction of sp³-hybridized carbons (Fsp3) is 0.0323. The maximum atomic E-state index is 6.73. The maximum Gasteiger partial charge on any atom is 0.137 e. The van der Waals surface area contributed by atoms with E-state index >= 15 is 0 Å². The van der Waals surface area contributed by atoms with Crippen LogP contribution in [0.15, 0.2) is 222 Å². The Labute approximate surface area is 394 Å². The first-order chi connectivity index (χ1) is 34.1. The maximum absolute atomic E-state index is 6.73. The predicted molar refractivity (Wildman–Crippen MR) is 283 cm³/mol. The number of hydrogen-bond donors (Lipinski definition) is 0. The van der Waals surface area contributed by atoms with Crippen molar-refractivity contribution in [3.8, 4) is 0 Å². The van der Waals surface area contributed by atoms with E-state index in [1.54, 1.807) is 6.08 Å². The lowest BCUT2D eigenvalue weighted by Gasteiger charge is -2.26. The van der Waals surface area contributed by atoms with Crippen LogP contribution in [-0.2, 0) is 6.42 Å². The van der Waals surface area contributed by atoms with Crippen molar-refractivity contribution in [2.75, 3.05) is 16.3 Å². The second kappa shape index (κ2) is 15.4. The van der Waals surface area contributed by atoms with Crippen LogP contribution in [0, 0.1) is 0 Å². The molecule has 0 N–H and O–H groups in total. The van der Waals surface area contributed by atoms with Gasteiger partial charge in [0.2, 0.25) is 0 Å². The number of furan rings is 5. The third-order valence-electron chi connectivity index (χ3n) is 13.6. The van der Waals surface area contributed by atoms with E-state index in [0.29, 0.717) is 13.0 Å². The summed E-state index contributed by atoms with van der Waals surface area (Å²) in [5, 5.41) is 8.16. The van der Waals surface area contributed by atoms with E-state index in [9.17, 15) is 0 Å². The molecule has 0 bridgehead atoms. The summed E-state index contributed by atoms with van der Waals surface area (Å²) >= 11 is 0. The fourth-order valence-electron chi connectivity index (χ4n) is 10.3. The van der Waals surface area contributed by atoms with Crippen molar-refractivity contribution in [3.63, 3.8) is 0 Å². The second-order valence-electron chi connectivity index (χ2n) is 17.6. The van der Waals surface area contributed by atoms with E-state index in [0.717, 1.165) is 139 Å². The summed E-state index contributed by atoms with van der Waals surface area (Å²) in [7, 11) is 0. The summed E-state index contributed by atoms with van der Waals surface area (Å²) < 4.78 is 32.5. The number of anilines is 4. The van der Waals surface area contributed by atoms with Crippen LogP contribution in [0.4, 0.5) is 22.7 Å². The Bertz CT molecular complexity index is 4290. The first kappa shape index (κ1) is 39.0. The average Bonchev–Trinajstić information content (AvgIpc) is 4.18. The van der Waals surface area contributed by atoms with Gasteiger partial charge in [-0.05, 0) is 103 Å². The largest absolute Gasteiger partial charge is 0.460 e. The quantitative estimate of drug-likeness (QED) is 0.143. The molecule has 0 saturated heterocycles. The molecule has 0 amide bonds. The minimum absolute atomic E-state index is 0.619. The Morgan fingerprint density at radius 1 is 0.435 bits per heavy atom. The Balaban J connectivity index is 0.812. The summed E-state index contributed by atoms with van der Waals surface area (Å²) in [4.78, 5) is 4.55. The van der Waals surface area contributed by atoms with Gasteiger partial charge in [0.25, 0.3) is 0 Å². The molecule has 328 valence electrons. The molecule has 0 fully saturated rings. The minimum Gasteiger partial charge on any atom is -0.460 e. The summed E-state index contributed by atoms with van der Waals surface area (Å²) in [6.07, 6.45) is 13.3. The van der Waals surface area contributed by atoms with Gasteiger partial charge in [-0.1, -0.05) is 97.6 Å². The molecule has 0 atom stereocenters. The van der Waals surface area contributed by atoms with Gasteiger partial charge >= 0.3 is 0 Å². The topological polar surface area (TPSA) is 72.2 Å². The molecule has 1 aliphatic rings. The molecule has 0 aliphatic heterocycles. The van der Waals surface area contributed by atoms with Gasteiger partial charge in [-0.25, -0.2) is 0 Å². The summed E-state index contributed by atoms with van der Waals surface area (Å²) in [5.74, 6) is 1.72. The van der Waals surface area contributed by atoms with Gasteiger partial charge in [0.1, 0.15) is 56.2 Å². The third kappa shape index (κ3) is 6.35. The lowest BCUT2D eigenvalue weighted by Crippen LogP contribution is -2.16. The number of allylic oxidation sites excluding steroid dienone is 2. The van der Waals surface area contributed by atoms with E-state index in [1.165, 1.54) is 0 Å². The number of benzene rings is 8. The molecule has 13 aromatic rings. The van der Waals surface area contributed by atoms with Crippen LogP contribution in [-0.4, -0.2) is 6.54 Å². The minimum atomic E-state index is 0.619. The van der Waals surface area contributed by atoms with Crippen molar-refractivity contribution < 1.29 is 22.1 Å². The summed E-state index contributed by atoms with van der Waals surface area (Å²) in [6, 6.07) is 58.5. The number of hydrogen-bond acceptors (Lipinski definition) is 7. The Hall–Kier alpha value is -9.20. The smallest absolute Gasteiger partial charge is 0.137 e. The Morgan fingerprint density at radius 2 is 0.971 bits per heavy atom. The van der Waals surface area contributed by atoms with Crippen LogP contribution in [0.2, 0.25) is 0 Å². The average molecular weight is 893 g/mol. The molecule has 8 aromatic carbocycles. The highest BCUT2D eigenvalue weighted by molar-refractivity contribution is 6.19. The molecule has 0 spiro atoms. The van der Waals surface area contributed by atoms with Gasteiger partial charge in [-0.2, -0.15) is 0 Å². The van der Waals surface area contributed by atoms with Crippen LogP contribution in [0.5, 0.6) is 0 Å². The molecule has 7 heteroatoms. The number of nitrogens with zero attached hydrogens (tertiary/aromatic N) is 2. The van der Waals surface area contributed by atoms with Crippen LogP contribution < -0.4 is 9.80 Å². The van der Waals surface area contributed by atoms with E-state index < -0.39 is 0 Å². The summed E-state index contributed by atoms with van der Waals surface area (Å²) in [6.45, 7) is 4.61. The molecular weight excluding hydrogens is 853 g/mol. The van der Waals surface area contributed by atoms with Gasteiger partial charge in [0.15, 0.2) is 0 Å². The molecular formula is C62H40N2O5. The molecule has 0 radical (unpaired) electrons. The van der Waals surface area contributed by atoms with Gasteiger partial charge < -0.3 is 31.9 Å². The molecule has 7 nitrogen and oxygen atoms in total. The highest BCUT2D eigenvalue weighted by Crippen LogP contribution is 2.43. The predicted octanol–water partition coefficient (Wildman–Crippen LogP) is 17.7. The van der Waals surface area contributed by atoms with Crippen molar-refractivity contribution in [2.45, 2.75) is 6.42 Å². The number of fused-ring (bicyclic) bond motifs is 13. The van der Waals surface area contributed by atoms with Crippen LogP contribution in [0.25, 0.3) is 106 Å².